The van der Waals surface area contributed by atoms with Crippen molar-refractivity contribution < 1.29 is 4.79 Å². The largest absolute Gasteiger partial charge is 0.368 e. The zero-order valence-corrected chi connectivity index (χ0v) is 14.4. The number of aromatic nitrogens is 4. The van der Waals surface area contributed by atoms with Crippen molar-refractivity contribution in [2.45, 2.75) is 11.3 Å². The monoisotopic (exact) mass is 355 g/mol. The highest BCUT2D eigenvalue weighted by molar-refractivity contribution is 7.99. The molecule has 3 rings (SSSR count). The third kappa shape index (κ3) is 4.36. The van der Waals surface area contributed by atoms with Crippen molar-refractivity contribution in [2.24, 2.45) is 7.05 Å². The smallest absolute Gasteiger partial charge is 0.326 e. The van der Waals surface area contributed by atoms with Crippen molar-refractivity contribution >= 4 is 23.4 Å². The zero-order chi connectivity index (χ0) is 17.6. The number of nitrogens with one attached hydrogen (secondary N) is 1. The van der Waals surface area contributed by atoms with Crippen molar-refractivity contribution in [1.82, 2.24) is 19.8 Å². The maximum atomic E-state index is 12.0. The minimum atomic E-state index is -0.324. The molecule has 7 nitrogen and oxygen atoms in total. The van der Waals surface area contributed by atoms with E-state index >= 15 is 0 Å². The summed E-state index contributed by atoms with van der Waals surface area (Å²) in [6.45, 7) is 0. The number of carbonyl (C=O) groups excluding carboxylic acids is 1. The summed E-state index contributed by atoms with van der Waals surface area (Å²) in [5.74, 6) is 0.663. The molecule has 0 radical (unpaired) electrons. The molecule has 1 heterocycles. The molecule has 0 aliphatic carbocycles. The van der Waals surface area contributed by atoms with Crippen LogP contribution in [0.4, 0.5) is 5.69 Å². The second-order valence-corrected chi connectivity index (χ2v) is 6.47. The maximum Gasteiger partial charge on any atom is 0.368 e. The van der Waals surface area contributed by atoms with Gasteiger partial charge in [-0.25, -0.2) is 4.79 Å². The summed E-state index contributed by atoms with van der Waals surface area (Å²) in [4.78, 5) is 25.0. The molecule has 0 unspecified atom stereocenters. The van der Waals surface area contributed by atoms with Crippen LogP contribution in [0.25, 0.3) is 5.69 Å². The lowest BCUT2D eigenvalue weighted by atomic mass is 10.2. The summed E-state index contributed by atoms with van der Waals surface area (Å²) in [6, 6.07) is 16.9. The Hall–Kier alpha value is -2.87. The van der Waals surface area contributed by atoms with Crippen LogP contribution in [0.15, 0.2) is 64.3 Å². The summed E-state index contributed by atoms with van der Waals surface area (Å²) < 4.78 is 2.35. The SMILES string of the molecule is Cn1nnn(-c2ccc(NC(=O)CCSc3ccccc3)cc2)c1=O. The summed E-state index contributed by atoms with van der Waals surface area (Å²) >= 11 is 1.65. The van der Waals surface area contributed by atoms with E-state index in [1.807, 2.05) is 30.3 Å². The highest BCUT2D eigenvalue weighted by atomic mass is 32.2. The van der Waals surface area contributed by atoms with Gasteiger partial charge >= 0.3 is 5.69 Å². The van der Waals surface area contributed by atoms with Gasteiger partial charge in [0.2, 0.25) is 5.91 Å². The number of hydrogen-bond acceptors (Lipinski definition) is 5. The number of rotatable bonds is 6. The fourth-order valence-electron chi connectivity index (χ4n) is 2.16. The molecule has 2 aromatic carbocycles. The molecule has 0 aliphatic rings. The molecule has 0 atom stereocenters. The van der Waals surface area contributed by atoms with Gasteiger partial charge in [-0.1, -0.05) is 18.2 Å². The van der Waals surface area contributed by atoms with Crippen LogP contribution >= 0.6 is 11.8 Å². The van der Waals surface area contributed by atoms with E-state index in [0.29, 0.717) is 23.5 Å². The molecule has 0 spiro atoms. The number of aryl methyl sites for hydroxylation is 1. The van der Waals surface area contributed by atoms with Gasteiger partial charge in [-0.3, -0.25) is 4.79 Å². The van der Waals surface area contributed by atoms with E-state index in [9.17, 15) is 9.59 Å². The number of thioether (sulfide) groups is 1. The summed E-state index contributed by atoms with van der Waals surface area (Å²) in [5, 5.41) is 10.3. The highest BCUT2D eigenvalue weighted by Crippen LogP contribution is 2.18. The van der Waals surface area contributed by atoms with Crippen molar-refractivity contribution in [3.05, 3.63) is 65.1 Å². The fourth-order valence-corrected chi connectivity index (χ4v) is 3.04. The highest BCUT2D eigenvalue weighted by Gasteiger charge is 2.07. The lowest BCUT2D eigenvalue weighted by Gasteiger charge is -2.06. The third-order valence-corrected chi connectivity index (χ3v) is 4.47. The number of tetrazole rings is 1. The first kappa shape index (κ1) is 17.0. The molecule has 0 saturated heterocycles. The Morgan fingerprint density at radius 2 is 1.80 bits per heavy atom. The number of benzene rings is 2. The molecule has 128 valence electrons. The van der Waals surface area contributed by atoms with Gasteiger partial charge in [-0.15, -0.1) is 11.8 Å². The molecule has 0 fully saturated rings. The van der Waals surface area contributed by atoms with E-state index in [-0.39, 0.29) is 11.6 Å². The number of amides is 1. The first-order valence-electron chi connectivity index (χ1n) is 7.70. The van der Waals surface area contributed by atoms with Crippen LogP contribution in [0.1, 0.15) is 6.42 Å². The number of carbonyl (C=O) groups is 1. The van der Waals surface area contributed by atoms with Gasteiger partial charge in [-0.05, 0) is 46.8 Å². The van der Waals surface area contributed by atoms with Crippen LogP contribution in [0.2, 0.25) is 0 Å². The van der Waals surface area contributed by atoms with Crippen molar-refractivity contribution in [3.63, 3.8) is 0 Å². The Labute approximate surface area is 148 Å². The van der Waals surface area contributed by atoms with Crippen molar-refractivity contribution in [3.8, 4) is 5.69 Å². The molecule has 1 amide bonds. The van der Waals surface area contributed by atoms with Crippen LogP contribution in [0.5, 0.6) is 0 Å². The summed E-state index contributed by atoms with van der Waals surface area (Å²) in [6.07, 6.45) is 0.422. The normalized spacial score (nSPS) is 10.6. The second-order valence-electron chi connectivity index (χ2n) is 5.30. The molecule has 25 heavy (non-hydrogen) atoms. The summed E-state index contributed by atoms with van der Waals surface area (Å²) in [7, 11) is 1.54. The van der Waals surface area contributed by atoms with Crippen LogP contribution < -0.4 is 11.0 Å². The van der Waals surface area contributed by atoms with Gasteiger partial charge in [0.25, 0.3) is 0 Å². The van der Waals surface area contributed by atoms with Gasteiger partial charge in [-0.2, -0.15) is 9.36 Å². The van der Waals surface area contributed by atoms with Crippen LogP contribution in [0, 0.1) is 0 Å². The second kappa shape index (κ2) is 7.80. The van der Waals surface area contributed by atoms with Gasteiger partial charge in [0, 0.05) is 29.8 Å². The van der Waals surface area contributed by atoms with Gasteiger partial charge in [0.05, 0.1) is 5.69 Å². The first-order valence-corrected chi connectivity index (χ1v) is 8.69. The lowest BCUT2D eigenvalue weighted by Crippen LogP contribution is -2.21. The van der Waals surface area contributed by atoms with E-state index in [0.717, 1.165) is 9.58 Å². The topological polar surface area (TPSA) is 81.8 Å². The van der Waals surface area contributed by atoms with E-state index < -0.39 is 0 Å². The Morgan fingerprint density at radius 1 is 1.08 bits per heavy atom. The number of nitrogens with zero attached hydrogens (tertiary/aromatic N) is 4. The van der Waals surface area contributed by atoms with E-state index in [2.05, 4.69) is 15.7 Å². The quantitative estimate of drug-likeness (QED) is 0.685. The van der Waals surface area contributed by atoms with Crippen LogP contribution in [-0.4, -0.2) is 31.5 Å². The van der Waals surface area contributed by atoms with E-state index in [4.69, 9.17) is 0 Å². The van der Waals surface area contributed by atoms with Crippen molar-refractivity contribution in [2.75, 3.05) is 11.1 Å². The standard InChI is InChI=1S/C17H17N5O2S/c1-21-17(24)22(20-19-21)14-9-7-13(8-10-14)18-16(23)11-12-25-15-5-3-2-4-6-15/h2-10H,11-12H2,1H3,(H,18,23). The van der Waals surface area contributed by atoms with E-state index in [1.54, 1.807) is 36.0 Å². The Kier molecular flexibility index (Phi) is 5.30. The average Bonchev–Trinajstić information content (AvgIpc) is 2.96. The molecule has 0 saturated carbocycles. The molecule has 3 aromatic rings. The van der Waals surface area contributed by atoms with Crippen molar-refractivity contribution in [1.29, 1.82) is 0 Å². The Balaban J connectivity index is 1.53. The average molecular weight is 355 g/mol. The molecule has 1 N–H and O–H groups in total. The molecule has 1 aromatic heterocycles. The van der Waals surface area contributed by atoms with Gasteiger partial charge < -0.3 is 5.32 Å². The van der Waals surface area contributed by atoms with Gasteiger partial charge in [0.1, 0.15) is 0 Å². The predicted octanol–water partition coefficient (Wildman–Crippen LogP) is 2.09. The van der Waals surface area contributed by atoms with Gasteiger partial charge in [0.15, 0.2) is 0 Å². The minimum Gasteiger partial charge on any atom is -0.326 e. The number of anilines is 1. The molecule has 0 bridgehead atoms. The maximum absolute atomic E-state index is 12.0. The lowest BCUT2D eigenvalue weighted by molar-refractivity contribution is -0.115. The third-order valence-electron chi connectivity index (χ3n) is 3.46. The molecule has 8 heteroatoms. The Bertz CT molecular complexity index is 903. The molecular weight excluding hydrogens is 338 g/mol. The summed E-state index contributed by atoms with van der Waals surface area (Å²) in [5.41, 5.74) is 0.945. The molecule has 0 aliphatic heterocycles. The van der Waals surface area contributed by atoms with E-state index in [1.165, 1.54) is 11.7 Å². The minimum absolute atomic E-state index is 0.0483. The number of hydrogen-bond donors (Lipinski definition) is 1. The fraction of sp³-hybridized carbons (Fsp3) is 0.176. The zero-order valence-electron chi connectivity index (χ0n) is 13.6. The Morgan fingerprint density at radius 3 is 2.44 bits per heavy atom. The van der Waals surface area contributed by atoms with Crippen LogP contribution in [-0.2, 0) is 11.8 Å². The van der Waals surface area contributed by atoms with Crippen LogP contribution in [0.3, 0.4) is 0 Å². The molecular formula is C17H17N5O2S. The first-order chi connectivity index (χ1) is 12.1. The predicted molar refractivity (Wildman–Crippen MR) is 97.0 cm³/mol.